The molecule has 1 aromatic heterocycles. The standard InChI is InChI=1S/C21H23N3/c1-21(17-8-4-2-5-9-17,18-10-6-3-7-11-18)19-12-13-20(14-19)24-16-22-15-23-24/h2-11,15-16,19-20H,12-14H2,1H3/t19?,20-/m0/s1. The van der Waals surface area contributed by atoms with Crippen molar-refractivity contribution in [3.63, 3.8) is 0 Å². The molecule has 3 heteroatoms. The maximum atomic E-state index is 4.37. The molecule has 122 valence electrons. The third-order valence-electron chi connectivity index (χ3n) is 5.78. The highest BCUT2D eigenvalue weighted by molar-refractivity contribution is 5.39. The summed E-state index contributed by atoms with van der Waals surface area (Å²) in [5.41, 5.74) is 2.83. The molecule has 1 heterocycles. The normalized spacial score (nSPS) is 21.0. The largest absolute Gasteiger partial charge is 0.250 e. The summed E-state index contributed by atoms with van der Waals surface area (Å²) in [6, 6.07) is 22.4. The van der Waals surface area contributed by atoms with Crippen LogP contribution in [0.3, 0.4) is 0 Å². The van der Waals surface area contributed by atoms with Crippen molar-refractivity contribution >= 4 is 0 Å². The molecule has 1 unspecified atom stereocenters. The van der Waals surface area contributed by atoms with Crippen molar-refractivity contribution in [2.24, 2.45) is 5.92 Å². The third-order valence-corrected chi connectivity index (χ3v) is 5.78. The Kier molecular flexibility index (Phi) is 3.93. The van der Waals surface area contributed by atoms with Gasteiger partial charge in [0.05, 0.1) is 6.04 Å². The Morgan fingerprint density at radius 2 is 1.54 bits per heavy atom. The lowest BCUT2D eigenvalue weighted by Crippen LogP contribution is -2.32. The number of hydrogen-bond acceptors (Lipinski definition) is 2. The highest BCUT2D eigenvalue weighted by Crippen LogP contribution is 2.49. The molecule has 0 spiro atoms. The Morgan fingerprint density at radius 3 is 2.08 bits per heavy atom. The van der Waals surface area contributed by atoms with Gasteiger partial charge in [0, 0.05) is 5.41 Å². The van der Waals surface area contributed by atoms with Gasteiger partial charge in [0.2, 0.25) is 0 Å². The molecule has 4 rings (SSSR count). The Labute approximate surface area is 143 Å². The Morgan fingerprint density at radius 1 is 0.917 bits per heavy atom. The fraction of sp³-hybridized carbons (Fsp3) is 0.333. The molecule has 3 aromatic rings. The van der Waals surface area contributed by atoms with Crippen molar-refractivity contribution in [1.29, 1.82) is 0 Å². The summed E-state index contributed by atoms with van der Waals surface area (Å²) in [6.07, 6.45) is 7.02. The first-order valence-corrected chi connectivity index (χ1v) is 8.73. The van der Waals surface area contributed by atoms with E-state index < -0.39 is 0 Å². The third kappa shape index (κ3) is 2.54. The van der Waals surface area contributed by atoms with Crippen LogP contribution in [-0.4, -0.2) is 14.8 Å². The predicted molar refractivity (Wildman–Crippen MR) is 95.7 cm³/mol. The van der Waals surface area contributed by atoms with E-state index in [0.717, 1.165) is 6.42 Å². The van der Waals surface area contributed by atoms with E-state index in [4.69, 9.17) is 0 Å². The SMILES string of the molecule is CC(c1ccccc1)(c1ccccc1)C1CC[C@H](n2cncn2)C1. The van der Waals surface area contributed by atoms with Crippen molar-refractivity contribution in [1.82, 2.24) is 14.8 Å². The molecule has 1 saturated carbocycles. The summed E-state index contributed by atoms with van der Waals surface area (Å²) in [6.45, 7) is 2.41. The van der Waals surface area contributed by atoms with Gasteiger partial charge in [0.15, 0.2) is 0 Å². The lowest BCUT2D eigenvalue weighted by atomic mass is 9.66. The first kappa shape index (κ1) is 15.1. The van der Waals surface area contributed by atoms with Crippen LogP contribution in [0.15, 0.2) is 73.3 Å². The van der Waals surface area contributed by atoms with Gasteiger partial charge >= 0.3 is 0 Å². The second kappa shape index (κ2) is 6.23. The summed E-state index contributed by atoms with van der Waals surface area (Å²) in [5.74, 6) is 0.594. The van der Waals surface area contributed by atoms with E-state index in [1.807, 2.05) is 11.0 Å². The van der Waals surface area contributed by atoms with Crippen LogP contribution < -0.4 is 0 Å². The molecule has 0 saturated heterocycles. The molecule has 2 atom stereocenters. The van der Waals surface area contributed by atoms with Crippen molar-refractivity contribution in [3.05, 3.63) is 84.4 Å². The lowest BCUT2D eigenvalue weighted by molar-refractivity contribution is 0.334. The zero-order valence-electron chi connectivity index (χ0n) is 14.0. The van der Waals surface area contributed by atoms with E-state index in [-0.39, 0.29) is 5.41 Å². The second-order valence-electron chi connectivity index (χ2n) is 6.97. The molecule has 1 fully saturated rings. The van der Waals surface area contributed by atoms with E-state index in [1.54, 1.807) is 6.33 Å². The van der Waals surface area contributed by atoms with Gasteiger partial charge in [0.25, 0.3) is 0 Å². The zero-order chi connectivity index (χ0) is 16.4. The van der Waals surface area contributed by atoms with Gasteiger partial charge in [-0.3, -0.25) is 0 Å². The van der Waals surface area contributed by atoms with Gasteiger partial charge in [-0.2, -0.15) is 5.10 Å². The van der Waals surface area contributed by atoms with Gasteiger partial charge in [0.1, 0.15) is 12.7 Å². The van der Waals surface area contributed by atoms with E-state index >= 15 is 0 Å². The highest BCUT2D eigenvalue weighted by atomic mass is 15.3. The zero-order valence-corrected chi connectivity index (χ0v) is 14.0. The van der Waals surface area contributed by atoms with Gasteiger partial charge in [-0.15, -0.1) is 0 Å². The molecule has 1 aliphatic rings. The minimum absolute atomic E-state index is 0.0256. The minimum atomic E-state index is 0.0256. The summed E-state index contributed by atoms with van der Waals surface area (Å²) in [7, 11) is 0. The van der Waals surface area contributed by atoms with Crippen molar-refractivity contribution in [2.45, 2.75) is 37.6 Å². The summed E-state index contributed by atoms with van der Waals surface area (Å²) in [5, 5.41) is 4.37. The van der Waals surface area contributed by atoms with Crippen LogP contribution in [0.1, 0.15) is 43.4 Å². The summed E-state index contributed by atoms with van der Waals surface area (Å²) >= 11 is 0. The molecule has 3 nitrogen and oxygen atoms in total. The minimum Gasteiger partial charge on any atom is -0.250 e. The Hall–Kier alpha value is -2.42. The molecular weight excluding hydrogens is 294 g/mol. The topological polar surface area (TPSA) is 30.7 Å². The second-order valence-corrected chi connectivity index (χ2v) is 6.97. The van der Waals surface area contributed by atoms with Crippen LogP contribution in [0.2, 0.25) is 0 Å². The smallest absolute Gasteiger partial charge is 0.137 e. The van der Waals surface area contributed by atoms with Crippen LogP contribution in [0, 0.1) is 5.92 Å². The number of hydrogen-bond donors (Lipinski definition) is 0. The Bertz CT molecular complexity index is 726. The molecule has 0 radical (unpaired) electrons. The van der Waals surface area contributed by atoms with Gasteiger partial charge in [-0.25, -0.2) is 9.67 Å². The number of aromatic nitrogens is 3. The average Bonchev–Trinajstić information content (AvgIpc) is 3.34. The predicted octanol–water partition coefficient (Wildman–Crippen LogP) is 4.63. The first-order chi connectivity index (χ1) is 11.8. The molecule has 0 N–H and O–H groups in total. The van der Waals surface area contributed by atoms with Crippen LogP contribution in [0.5, 0.6) is 0 Å². The lowest BCUT2D eigenvalue weighted by Gasteiger charge is -2.37. The quantitative estimate of drug-likeness (QED) is 0.702. The first-order valence-electron chi connectivity index (χ1n) is 8.73. The maximum absolute atomic E-state index is 4.37. The summed E-state index contributed by atoms with van der Waals surface area (Å²) < 4.78 is 2.04. The van der Waals surface area contributed by atoms with Crippen LogP contribution in [0.25, 0.3) is 0 Å². The Balaban J connectivity index is 1.72. The monoisotopic (exact) mass is 317 g/mol. The van der Waals surface area contributed by atoms with Crippen molar-refractivity contribution in [2.75, 3.05) is 0 Å². The number of rotatable bonds is 4. The number of nitrogens with zero attached hydrogens (tertiary/aromatic N) is 3. The molecule has 1 aliphatic carbocycles. The van der Waals surface area contributed by atoms with E-state index in [2.05, 4.69) is 77.7 Å². The fourth-order valence-electron chi connectivity index (χ4n) is 4.34. The molecule has 2 aromatic carbocycles. The average molecular weight is 317 g/mol. The van der Waals surface area contributed by atoms with Gasteiger partial charge in [-0.05, 0) is 36.3 Å². The molecule has 24 heavy (non-hydrogen) atoms. The fourth-order valence-corrected chi connectivity index (χ4v) is 4.34. The van der Waals surface area contributed by atoms with E-state index in [1.165, 1.54) is 24.0 Å². The highest BCUT2D eigenvalue weighted by Gasteiger charge is 2.42. The van der Waals surface area contributed by atoms with Gasteiger partial charge < -0.3 is 0 Å². The summed E-state index contributed by atoms with van der Waals surface area (Å²) in [4.78, 5) is 4.12. The maximum Gasteiger partial charge on any atom is 0.137 e. The van der Waals surface area contributed by atoms with Crippen LogP contribution in [-0.2, 0) is 5.41 Å². The molecule has 0 amide bonds. The van der Waals surface area contributed by atoms with Crippen LogP contribution in [0.4, 0.5) is 0 Å². The molecule has 0 aliphatic heterocycles. The van der Waals surface area contributed by atoms with Gasteiger partial charge in [-0.1, -0.05) is 67.6 Å². The van der Waals surface area contributed by atoms with E-state index in [9.17, 15) is 0 Å². The van der Waals surface area contributed by atoms with E-state index in [0.29, 0.717) is 12.0 Å². The van der Waals surface area contributed by atoms with Crippen molar-refractivity contribution < 1.29 is 0 Å². The van der Waals surface area contributed by atoms with Crippen LogP contribution >= 0.6 is 0 Å². The number of benzene rings is 2. The molecular formula is C21H23N3. The van der Waals surface area contributed by atoms with Crippen molar-refractivity contribution in [3.8, 4) is 0 Å². The molecule has 0 bridgehead atoms.